The third-order valence-electron chi connectivity index (χ3n) is 3.16. The molecule has 8 nitrogen and oxygen atoms in total. The minimum Gasteiger partial charge on any atom is -0.497 e. The number of hydrogen-bond acceptors (Lipinski definition) is 5. The summed E-state index contributed by atoms with van der Waals surface area (Å²) in [6, 6.07) is 7.92. The van der Waals surface area contributed by atoms with Gasteiger partial charge < -0.3 is 20.1 Å². The number of halogens is 1. The molecule has 0 heterocycles. The lowest BCUT2D eigenvalue weighted by Crippen LogP contribution is -2.20. The summed E-state index contributed by atoms with van der Waals surface area (Å²) < 4.78 is 32.6. The van der Waals surface area contributed by atoms with Crippen LogP contribution in [0.15, 0.2) is 41.3 Å². The van der Waals surface area contributed by atoms with Gasteiger partial charge in [-0.25, -0.2) is 18.4 Å². The molecule has 25 heavy (non-hydrogen) atoms. The van der Waals surface area contributed by atoms with Crippen molar-refractivity contribution in [3.8, 4) is 11.5 Å². The number of nitrogens with two attached hydrogens (primary N) is 1. The van der Waals surface area contributed by atoms with Crippen LogP contribution in [-0.2, 0) is 10.0 Å². The first-order valence-corrected chi connectivity index (χ1v) is 8.79. The number of carbonyl (C=O) groups excluding carboxylic acids is 1. The van der Waals surface area contributed by atoms with Crippen molar-refractivity contribution in [2.24, 2.45) is 5.14 Å². The zero-order valence-corrected chi connectivity index (χ0v) is 14.9. The molecule has 2 aromatic carbocycles. The molecule has 0 aliphatic heterocycles. The minimum absolute atomic E-state index is 0.0564. The molecule has 0 radical (unpaired) electrons. The van der Waals surface area contributed by atoms with E-state index in [0.717, 1.165) is 0 Å². The summed E-state index contributed by atoms with van der Waals surface area (Å²) in [5.41, 5.74) is 0.660. The number of urea groups is 1. The maximum Gasteiger partial charge on any atom is 0.323 e. The first kappa shape index (κ1) is 18.8. The van der Waals surface area contributed by atoms with Crippen molar-refractivity contribution in [1.82, 2.24) is 0 Å². The van der Waals surface area contributed by atoms with E-state index in [1.807, 2.05) is 0 Å². The number of ether oxygens (including phenoxy) is 2. The average Bonchev–Trinajstić information content (AvgIpc) is 2.56. The van der Waals surface area contributed by atoms with Gasteiger partial charge in [0.15, 0.2) is 0 Å². The van der Waals surface area contributed by atoms with Gasteiger partial charge in [0.05, 0.1) is 24.8 Å². The van der Waals surface area contributed by atoms with E-state index < -0.39 is 16.1 Å². The van der Waals surface area contributed by atoms with Gasteiger partial charge in [-0.15, -0.1) is 0 Å². The fourth-order valence-electron chi connectivity index (χ4n) is 1.94. The van der Waals surface area contributed by atoms with Crippen LogP contribution in [0, 0.1) is 0 Å². The molecule has 4 N–H and O–H groups in total. The van der Waals surface area contributed by atoms with E-state index >= 15 is 0 Å². The Bertz CT molecular complexity index is 885. The van der Waals surface area contributed by atoms with Crippen molar-refractivity contribution >= 4 is 39.0 Å². The summed E-state index contributed by atoms with van der Waals surface area (Å²) in [5, 5.41) is 10.3. The van der Waals surface area contributed by atoms with Gasteiger partial charge in [-0.05, 0) is 24.3 Å². The van der Waals surface area contributed by atoms with Crippen LogP contribution in [0.3, 0.4) is 0 Å². The molecule has 0 fully saturated rings. The summed E-state index contributed by atoms with van der Waals surface area (Å²) in [7, 11) is -0.877. The molecule has 0 atom stereocenters. The molecule has 2 amide bonds. The second-order valence-corrected chi connectivity index (χ2v) is 6.78. The van der Waals surface area contributed by atoms with Gasteiger partial charge in [0.25, 0.3) is 0 Å². The Morgan fingerprint density at radius 2 is 1.72 bits per heavy atom. The lowest BCUT2D eigenvalue weighted by molar-refractivity contribution is 0.262. The van der Waals surface area contributed by atoms with E-state index in [0.29, 0.717) is 17.2 Å². The molecule has 0 unspecified atom stereocenters. The fourth-order valence-corrected chi connectivity index (χ4v) is 2.69. The van der Waals surface area contributed by atoms with Crippen LogP contribution < -0.4 is 25.2 Å². The van der Waals surface area contributed by atoms with Crippen LogP contribution in [0.1, 0.15) is 0 Å². The number of methoxy groups -OCH3 is 2. The maximum absolute atomic E-state index is 12.1. The highest BCUT2D eigenvalue weighted by molar-refractivity contribution is 7.89. The van der Waals surface area contributed by atoms with Gasteiger partial charge >= 0.3 is 6.03 Å². The van der Waals surface area contributed by atoms with Crippen LogP contribution >= 0.6 is 11.6 Å². The largest absolute Gasteiger partial charge is 0.497 e. The standard InChI is InChI=1S/C15H16ClN3O5S/c1-23-10-7-12(14(16)13(8-10)24-2)19-15(20)18-9-3-5-11(6-4-9)25(17,21)22/h3-8H,1-2H3,(H2,17,21,22)(H2,18,19,20). The molecule has 0 aliphatic carbocycles. The van der Waals surface area contributed by atoms with Crippen molar-refractivity contribution < 1.29 is 22.7 Å². The normalized spacial score (nSPS) is 10.9. The molecule has 0 spiro atoms. The summed E-state index contributed by atoms with van der Waals surface area (Å²) in [6.45, 7) is 0. The SMILES string of the molecule is COc1cc(NC(=O)Nc2ccc(S(N)(=O)=O)cc2)c(Cl)c(OC)c1. The molecular formula is C15H16ClN3O5S. The van der Waals surface area contributed by atoms with Crippen LogP contribution in [0.2, 0.25) is 5.02 Å². The quantitative estimate of drug-likeness (QED) is 0.730. The number of carbonyl (C=O) groups is 1. The Kier molecular flexibility index (Phi) is 5.73. The van der Waals surface area contributed by atoms with Crippen molar-refractivity contribution in [3.05, 3.63) is 41.4 Å². The van der Waals surface area contributed by atoms with Crippen LogP contribution in [0.25, 0.3) is 0 Å². The number of rotatable bonds is 5. The molecule has 0 aliphatic rings. The molecule has 134 valence electrons. The van der Waals surface area contributed by atoms with Crippen LogP contribution in [0.5, 0.6) is 11.5 Å². The first-order chi connectivity index (χ1) is 11.7. The molecule has 2 aromatic rings. The van der Waals surface area contributed by atoms with Gasteiger partial charge in [-0.1, -0.05) is 11.6 Å². The average molecular weight is 386 g/mol. The van der Waals surface area contributed by atoms with Crippen molar-refractivity contribution in [2.45, 2.75) is 4.90 Å². The minimum atomic E-state index is -3.79. The van der Waals surface area contributed by atoms with Gasteiger partial charge in [0.1, 0.15) is 16.5 Å². The van der Waals surface area contributed by atoms with Crippen molar-refractivity contribution in [3.63, 3.8) is 0 Å². The van der Waals surface area contributed by atoms with E-state index in [9.17, 15) is 13.2 Å². The Morgan fingerprint density at radius 1 is 1.08 bits per heavy atom. The number of sulfonamides is 1. The van der Waals surface area contributed by atoms with Crippen molar-refractivity contribution in [1.29, 1.82) is 0 Å². The first-order valence-electron chi connectivity index (χ1n) is 6.87. The molecule has 0 aromatic heterocycles. The van der Waals surface area contributed by atoms with Crippen LogP contribution in [0.4, 0.5) is 16.2 Å². The number of amides is 2. The topological polar surface area (TPSA) is 120 Å². The van der Waals surface area contributed by atoms with Gasteiger partial charge in [0, 0.05) is 17.8 Å². The second-order valence-electron chi connectivity index (χ2n) is 4.84. The van der Waals surface area contributed by atoms with Gasteiger partial charge in [-0.2, -0.15) is 0 Å². The van der Waals surface area contributed by atoms with Gasteiger partial charge in [0.2, 0.25) is 10.0 Å². The number of nitrogens with one attached hydrogen (secondary N) is 2. The summed E-state index contributed by atoms with van der Waals surface area (Å²) >= 11 is 6.15. The maximum atomic E-state index is 12.1. The predicted molar refractivity (Wildman–Crippen MR) is 95.0 cm³/mol. The lowest BCUT2D eigenvalue weighted by Gasteiger charge is -2.13. The molecule has 10 heteroatoms. The van der Waals surface area contributed by atoms with E-state index in [1.165, 1.54) is 44.6 Å². The van der Waals surface area contributed by atoms with Crippen molar-refractivity contribution in [2.75, 3.05) is 24.9 Å². The summed E-state index contributed by atoms with van der Waals surface area (Å²) in [6.07, 6.45) is 0. The number of hydrogen-bond donors (Lipinski definition) is 3. The smallest absolute Gasteiger partial charge is 0.323 e. The monoisotopic (exact) mass is 385 g/mol. The van der Waals surface area contributed by atoms with E-state index in [4.69, 9.17) is 26.2 Å². The molecule has 0 bridgehead atoms. The Hall–Kier alpha value is -2.49. The van der Waals surface area contributed by atoms with Gasteiger partial charge in [-0.3, -0.25) is 0 Å². The molecule has 0 saturated carbocycles. The summed E-state index contributed by atoms with van der Waals surface area (Å²) in [5.74, 6) is 0.794. The molecule has 0 saturated heterocycles. The highest BCUT2D eigenvalue weighted by Gasteiger charge is 2.13. The number of anilines is 2. The third-order valence-corrected chi connectivity index (χ3v) is 4.48. The van der Waals surface area contributed by atoms with Crippen LogP contribution in [-0.4, -0.2) is 28.7 Å². The highest BCUT2D eigenvalue weighted by atomic mass is 35.5. The fraction of sp³-hybridized carbons (Fsp3) is 0.133. The number of primary sulfonamides is 1. The Morgan fingerprint density at radius 3 is 2.24 bits per heavy atom. The predicted octanol–water partition coefficient (Wildman–Crippen LogP) is 2.65. The Balaban J connectivity index is 2.15. The molecular weight excluding hydrogens is 370 g/mol. The van der Waals surface area contributed by atoms with E-state index in [2.05, 4.69) is 10.6 Å². The molecule has 2 rings (SSSR count). The summed E-state index contributed by atoms with van der Waals surface area (Å²) in [4.78, 5) is 12.1. The third kappa shape index (κ3) is 4.75. The zero-order valence-electron chi connectivity index (χ0n) is 13.4. The zero-order chi connectivity index (χ0) is 18.6. The number of benzene rings is 2. The lowest BCUT2D eigenvalue weighted by atomic mass is 10.2. The Labute approximate surface area is 149 Å². The second kappa shape index (κ2) is 7.60. The van der Waals surface area contributed by atoms with E-state index in [1.54, 1.807) is 6.07 Å². The highest BCUT2D eigenvalue weighted by Crippen LogP contribution is 2.36. The van der Waals surface area contributed by atoms with E-state index in [-0.39, 0.29) is 15.6 Å².